The second-order valence-corrected chi connectivity index (χ2v) is 7.59. The van der Waals surface area contributed by atoms with Gasteiger partial charge in [-0.25, -0.2) is 9.59 Å². The van der Waals surface area contributed by atoms with Crippen LogP contribution < -0.4 is 0 Å². The fourth-order valence-electron chi connectivity index (χ4n) is 3.01. The Kier molecular flexibility index (Phi) is 15.7. The van der Waals surface area contributed by atoms with Crippen molar-refractivity contribution >= 4 is 12.0 Å². The summed E-state index contributed by atoms with van der Waals surface area (Å²) in [6.07, 6.45) is 16.4. The van der Waals surface area contributed by atoms with Gasteiger partial charge < -0.3 is 14.9 Å². The third-order valence-electron chi connectivity index (χ3n) is 5.11. The highest BCUT2D eigenvalue weighted by Crippen LogP contribution is 2.12. The molecule has 0 bridgehead atoms. The summed E-state index contributed by atoms with van der Waals surface area (Å²) in [4.78, 5) is 26.1. The van der Waals surface area contributed by atoms with E-state index in [9.17, 15) is 9.59 Å². The summed E-state index contributed by atoms with van der Waals surface area (Å²) in [5.41, 5.74) is 0.460. The average molecular weight is 383 g/mol. The van der Waals surface area contributed by atoms with Gasteiger partial charge in [-0.1, -0.05) is 63.9 Å². The van der Waals surface area contributed by atoms with E-state index in [1.165, 1.54) is 57.8 Å². The van der Waals surface area contributed by atoms with Crippen LogP contribution in [-0.4, -0.2) is 54.1 Å². The Morgan fingerprint density at radius 3 is 1.67 bits per heavy atom. The highest BCUT2D eigenvalue weighted by molar-refractivity contribution is 5.85. The topological polar surface area (TPSA) is 60.9 Å². The van der Waals surface area contributed by atoms with Gasteiger partial charge in [-0.2, -0.15) is 0 Å². The van der Waals surface area contributed by atoms with Crippen molar-refractivity contribution in [1.82, 2.24) is 9.80 Å². The molecule has 0 aromatic heterocycles. The second kappa shape index (κ2) is 16.6. The van der Waals surface area contributed by atoms with Gasteiger partial charge in [0.25, 0.3) is 0 Å². The molecule has 0 unspecified atom stereocenters. The summed E-state index contributed by atoms with van der Waals surface area (Å²) < 4.78 is 0. The lowest BCUT2D eigenvalue weighted by atomic mass is 10.0. The Labute approximate surface area is 166 Å². The molecule has 0 radical (unpaired) electrons. The molecule has 5 heteroatoms. The number of nitrogens with zero attached hydrogens (tertiary/aromatic N) is 2. The first-order chi connectivity index (χ1) is 12.9. The number of carboxylic acids is 1. The van der Waals surface area contributed by atoms with E-state index in [-0.39, 0.29) is 6.03 Å². The smallest absolute Gasteiger partial charge is 0.330 e. The molecule has 0 spiro atoms. The average Bonchev–Trinajstić information content (AvgIpc) is 2.66. The molecule has 0 aromatic carbocycles. The lowest BCUT2D eigenvalue weighted by molar-refractivity contribution is -0.132. The molecule has 5 nitrogen and oxygen atoms in total. The predicted octanol–water partition coefficient (Wildman–Crippen LogP) is 5.70. The van der Waals surface area contributed by atoms with E-state index in [0.29, 0.717) is 5.57 Å². The molecule has 1 N–H and O–H groups in total. The van der Waals surface area contributed by atoms with Crippen molar-refractivity contribution in [3.63, 3.8) is 0 Å². The minimum Gasteiger partial charge on any atom is -0.478 e. The minimum absolute atomic E-state index is 0.116. The molecule has 0 aliphatic heterocycles. The van der Waals surface area contributed by atoms with Gasteiger partial charge in [-0.05, 0) is 33.1 Å². The number of carbonyl (C=O) groups excluding carboxylic acids is 1. The molecular weight excluding hydrogens is 340 g/mol. The van der Waals surface area contributed by atoms with Gasteiger partial charge in [0.1, 0.15) is 0 Å². The van der Waals surface area contributed by atoms with Crippen molar-refractivity contribution in [2.45, 2.75) is 90.9 Å². The first-order valence-corrected chi connectivity index (χ1v) is 10.8. The number of aliphatic carboxylic acids is 1. The van der Waals surface area contributed by atoms with Crippen molar-refractivity contribution in [1.29, 1.82) is 0 Å². The fraction of sp³-hybridized carbons (Fsp3) is 0.818. The summed E-state index contributed by atoms with van der Waals surface area (Å²) in [6, 6.07) is 0.116. The Balaban J connectivity index is 3.35. The number of urea groups is 1. The van der Waals surface area contributed by atoms with Crippen LogP contribution in [0.2, 0.25) is 0 Å². The number of hydrogen-bond donors (Lipinski definition) is 1. The van der Waals surface area contributed by atoms with Gasteiger partial charge in [0, 0.05) is 32.8 Å². The van der Waals surface area contributed by atoms with E-state index in [0.717, 1.165) is 32.4 Å². The number of rotatable bonds is 16. The zero-order valence-electron chi connectivity index (χ0n) is 18.1. The molecule has 0 aliphatic carbocycles. The molecule has 0 saturated heterocycles. The maximum atomic E-state index is 11.9. The van der Waals surface area contributed by atoms with Gasteiger partial charge in [0.15, 0.2) is 0 Å². The van der Waals surface area contributed by atoms with E-state index < -0.39 is 5.97 Å². The van der Waals surface area contributed by atoms with Crippen LogP contribution in [0.15, 0.2) is 11.6 Å². The molecular formula is C22H42N2O3. The van der Waals surface area contributed by atoms with Crippen molar-refractivity contribution in [3.8, 4) is 0 Å². The SMILES string of the molecule is CCN(C)C(=O)N(C)CCCCCCCCCCCCCC=C(C)C(=O)O. The Morgan fingerprint density at radius 2 is 1.22 bits per heavy atom. The first-order valence-electron chi connectivity index (χ1n) is 10.8. The molecule has 0 heterocycles. The molecule has 0 aromatic rings. The van der Waals surface area contributed by atoms with Crippen LogP contribution in [0.25, 0.3) is 0 Å². The lowest BCUT2D eigenvalue weighted by Gasteiger charge is -2.23. The molecule has 0 aliphatic rings. The highest BCUT2D eigenvalue weighted by atomic mass is 16.4. The Bertz CT molecular complexity index is 435. The number of amides is 2. The van der Waals surface area contributed by atoms with E-state index in [1.807, 2.05) is 32.0 Å². The van der Waals surface area contributed by atoms with Crippen molar-refractivity contribution in [2.75, 3.05) is 27.2 Å². The summed E-state index contributed by atoms with van der Waals surface area (Å²) >= 11 is 0. The zero-order valence-corrected chi connectivity index (χ0v) is 18.1. The van der Waals surface area contributed by atoms with E-state index in [1.54, 1.807) is 11.8 Å². The first kappa shape index (κ1) is 25.5. The quantitative estimate of drug-likeness (QED) is 0.275. The predicted molar refractivity (Wildman–Crippen MR) is 113 cm³/mol. The minimum atomic E-state index is -0.806. The summed E-state index contributed by atoms with van der Waals surface area (Å²) in [5, 5.41) is 8.76. The van der Waals surface area contributed by atoms with Crippen LogP contribution in [0, 0.1) is 0 Å². The zero-order chi connectivity index (χ0) is 20.5. The number of allylic oxidation sites excluding steroid dienone is 1. The van der Waals surface area contributed by atoms with Crippen molar-refractivity contribution in [3.05, 3.63) is 11.6 Å². The van der Waals surface area contributed by atoms with Gasteiger partial charge >= 0.3 is 12.0 Å². The Hall–Kier alpha value is -1.52. The molecule has 0 saturated carbocycles. The van der Waals surface area contributed by atoms with Gasteiger partial charge in [0.2, 0.25) is 0 Å². The van der Waals surface area contributed by atoms with Gasteiger partial charge in [0.05, 0.1) is 0 Å². The maximum absolute atomic E-state index is 11.9. The van der Waals surface area contributed by atoms with Gasteiger partial charge in [-0.3, -0.25) is 0 Å². The number of unbranched alkanes of at least 4 members (excludes halogenated alkanes) is 11. The van der Waals surface area contributed by atoms with Crippen LogP contribution in [-0.2, 0) is 4.79 Å². The molecule has 27 heavy (non-hydrogen) atoms. The molecule has 0 rings (SSSR count). The molecule has 2 amide bonds. The molecule has 158 valence electrons. The summed E-state index contributed by atoms with van der Waals surface area (Å²) in [5.74, 6) is -0.806. The van der Waals surface area contributed by atoms with Crippen LogP contribution in [0.4, 0.5) is 4.79 Å². The number of hydrogen-bond acceptors (Lipinski definition) is 2. The van der Waals surface area contributed by atoms with E-state index in [4.69, 9.17) is 5.11 Å². The monoisotopic (exact) mass is 382 g/mol. The van der Waals surface area contributed by atoms with Crippen molar-refractivity contribution in [2.24, 2.45) is 0 Å². The standard InChI is InChI=1S/C22H42N2O3/c1-5-23(3)22(27)24(4)19-17-15-13-11-9-7-6-8-10-12-14-16-18-20(2)21(25)26/h18H,5-17,19H2,1-4H3,(H,25,26). The Morgan fingerprint density at radius 1 is 0.778 bits per heavy atom. The van der Waals surface area contributed by atoms with E-state index in [2.05, 4.69) is 0 Å². The van der Waals surface area contributed by atoms with Crippen molar-refractivity contribution < 1.29 is 14.7 Å². The molecule has 0 fully saturated rings. The third kappa shape index (κ3) is 14.2. The summed E-state index contributed by atoms with van der Waals surface area (Å²) in [6.45, 7) is 5.26. The second-order valence-electron chi connectivity index (χ2n) is 7.59. The maximum Gasteiger partial charge on any atom is 0.330 e. The van der Waals surface area contributed by atoms with Crippen LogP contribution in [0.5, 0.6) is 0 Å². The van der Waals surface area contributed by atoms with Crippen LogP contribution in [0.3, 0.4) is 0 Å². The normalized spacial score (nSPS) is 11.5. The highest BCUT2D eigenvalue weighted by Gasteiger charge is 2.11. The third-order valence-corrected chi connectivity index (χ3v) is 5.11. The number of carbonyl (C=O) groups is 2. The van der Waals surface area contributed by atoms with E-state index >= 15 is 0 Å². The number of carboxylic acid groups (broad SMARTS) is 1. The molecule has 0 atom stereocenters. The lowest BCUT2D eigenvalue weighted by Crippen LogP contribution is -2.39. The summed E-state index contributed by atoms with van der Waals surface area (Å²) in [7, 11) is 3.73. The largest absolute Gasteiger partial charge is 0.478 e. The van der Waals surface area contributed by atoms with Gasteiger partial charge in [-0.15, -0.1) is 0 Å². The van der Waals surface area contributed by atoms with Crippen LogP contribution >= 0.6 is 0 Å². The van der Waals surface area contributed by atoms with Crippen LogP contribution in [0.1, 0.15) is 90.9 Å². The fourth-order valence-corrected chi connectivity index (χ4v) is 3.01.